The molecule has 0 saturated heterocycles. The predicted molar refractivity (Wildman–Crippen MR) is 81.0 cm³/mol. The Morgan fingerprint density at radius 3 is 2.57 bits per heavy atom. The van der Waals surface area contributed by atoms with Crippen LogP contribution in [0.4, 0.5) is 0 Å². The molecule has 1 aliphatic rings. The molecule has 0 bridgehead atoms. The number of aliphatic hydroxyl groups excluding tert-OH is 1. The molecule has 1 aromatic rings. The number of carboxylic acids is 1. The topological polar surface area (TPSA) is 66.8 Å². The molecule has 2 N–H and O–H groups in total. The van der Waals surface area contributed by atoms with Crippen molar-refractivity contribution in [1.82, 2.24) is 0 Å². The number of carbonyl (C=O) groups is 1. The van der Waals surface area contributed by atoms with E-state index in [1.54, 1.807) is 0 Å². The minimum atomic E-state index is -0.994. The quantitative estimate of drug-likeness (QED) is 0.826. The van der Waals surface area contributed by atoms with E-state index < -0.39 is 23.9 Å². The molecule has 1 aromatic carbocycles. The molecular weight excluding hydrogens is 315 g/mol. The maximum absolute atomic E-state index is 11.3. The van der Waals surface area contributed by atoms with Gasteiger partial charge in [0.05, 0.1) is 29.2 Å². The van der Waals surface area contributed by atoms with Crippen LogP contribution < -0.4 is 4.74 Å². The lowest BCUT2D eigenvalue weighted by Gasteiger charge is -2.30. The molecule has 0 radical (unpaired) electrons. The fourth-order valence-corrected chi connectivity index (χ4v) is 3.14. The van der Waals surface area contributed by atoms with Crippen LogP contribution in [-0.4, -0.2) is 23.3 Å². The van der Waals surface area contributed by atoms with Gasteiger partial charge in [-0.25, -0.2) is 0 Å². The minimum Gasteiger partial charge on any atom is -0.495 e. The first kappa shape index (κ1) is 16.1. The van der Waals surface area contributed by atoms with E-state index >= 15 is 0 Å². The smallest absolute Gasteiger partial charge is 0.307 e. The van der Waals surface area contributed by atoms with Crippen LogP contribution in [0.1, 0.15) is 24.5 Å². The molecule has 21 heavy (non-hydrogen) atoms. The van der Waals surface area contributed by atoms with Crippen LogP contribution in [0.3, 0.4) is 0 Å². The number of methoxy groups -OCH3 is 1. The highest BCUT2D eigenvalue weighted by molar-refractivity contribution is 6.34. The van der Waals surface area contributed by atoms with Crippen LogP contribution in [-0.2, 0) is 4.79 Å². The number of allylic oxidation sites excluding steroid dienone is 2. The van der Waals surface area contributed by atoms with Crippen LogP contribution in [0.15, 0.2) is 24.3 Å². The molecule has 0 heterocycles. The maximum atomic E-state index is 11.3. The average Bonchev–Trinajstić information content (AvgIpc) is 2.48. The molecule has 0 spiro atoms. The zero-order chi connectivity index (χ0) is 15.6. The zero-order valence-corrected chi connectivity index (χ0v) is 12.9. The second kappa shape index (κ2) is 6.69. The molecule has 0 aliphatic heterocycles. The summed E-state index contributed by atoms with van der Waals surface area (Å²) in [5.41, 5.74) is 0.425. The van der Waals surface area contributed by atoms with Gasteiger partial charge in [0.2, 0.25) is 0 Å². The van der Waals surface area contributed by atoms with Crippen LogP contribution >= 0.6 is 23.2 Å². The van der Waals surface area contributed by atoms with Gasteiger partial charge in [0, 0.05) is 17.5 Å². The van der Waals surface area contributed by atoms with Crippen molar-refractivity contribution in [2.24, 2.45) is 11.8 Å². The standard InChI is InChI=1S/C15H16Cl2O4/c1-21-13-7-11(16)10(6-12(13)17)14(18)8-4-2-3-5-9(8)15(19)20/h2-3,6-9,14,18H,4-5H2,1H3,(H,19,20). The van der Waals surface area contributed by atoms with Crippen molar-refractivity contribution in [2.45, 2.75) is 18.9 Å². The molecule has 4 nitrogen and oxygen atoms in total. The Bertz CT molecular complexity index is 571. The van der Waals surface area contributed by atoms with Gasteiger partial charge in [-0.3, -0.25) is 4.79 Å². The van der Waals surface area contributed by atoms with Gasteiger partial charge >= 0.3 is 5.97 Å². The van der Waals surface area contributed by atoms with E-state index in [2.05, 4.69) is 0 Å². The van der Waals surface area contributed by atoms with Gasteiger partial charge in [0.1, 0.15) is 5.75 Å². The second-order valence-electron chi connectivity index (χ2n) is 5.00. The summed E-state index contributed by atoms with van der Waals surface area (Å²) in [6.07, 6.45) is 3.60. The molecule has 114 valence electrons. The molecule has 0 aromatic heterocycles. The monoisotopic (exact) mass is 330 g/mol. The van der Waals surface area contributed by atoms with Gasteiger partial charge in [-0.15, -0.1) is 0 Å². The van der Waals surface area contributed by atoms with E-state index in [0.29, 0.717) is 34.2 Å². The number of hydrogen-bond donors (Lipinski definition) is 2. The molecule has 0 saturated carbocycles. The summed E-state index contributed by atoms with van der Waals surface area (Å²) >= 11 is 12.2. The Hall–Kier alpha value is -1.23. The van der Waals surface area contributed by atoms with Gasteiger partial charge in [0.25, 0.3) is 0 Å². The highest BCUT2D eigenvalue weighted by Crippen LogP contribution is 2.41. The SMILES string of the molecule is COc1cc(Cl)c(C(O)C2CC=CCC2C(=O)O)cc1Cl. The van der Waals surface area contributed by atoms with Gasteiger partial charge in [-0.1, -0.05) is 35.4 Å². The van der Waals surface area contributed by atoms with Gasteiger partial charge in [0.15, 0.2) is 0 Å². The number of carboxylic acid groups (broad SMARTS) is 1. The first-order chi connectivity index (χ1) is 9.95. The summed E-state index contributed by atoms with van der Waals surface area (Å²) in [5.74, 6) is -1.58. The molecule has 1 aliphatic carbocycles. The largest absolute Gasteiger partial charge is 0.495 e. The van der Waals surface area contributed by atoms with Crippen molar-refractivity contribution in [3.63, 3.8) is 0 Å². The summed E-state index contributed by atoms with van der Waals surface area (Å²) in [4.78, 5) is 11.3. The maximum Gasteiger partial charge on any atom is 0.307 e. The number of halogens is 2. The summed E-state index contributed by atoms with van der Waals surface area (Å²) in [7, 11) is 1.47. The summed E-state index contributed by atoms with van der Waals surface area (Å²) in [5, 5.41) is 20.5. The van der Waals surface area contributed by atoms with Crippen molar-refractivity contribution in [3.8, 4) is 5.75 Å². The Labute approximate surface area is 132 Å². The first-order valence-electron chi connectivity index (χ1n) is 6.54. The molecule has 2 rings (SSSR count). The van der Waals surface area contributed by atoms with Crippen LogP contribution in [0.5, 0.6) is 5.75 Å². The van der Waals surface area contributed by atoms with Gasteiger partial charge < -0.3 is 14.9 Å². The number of rotatable bonds is 4. The second-order valence-corrected chi connectivity index (χ2v) is 5.82. The normalized spacial score (nSPS) is 22.9. The molecule has 0 amide bonds. The highest BCUT2D eigenvalue weighted by Gasteiger charge is 2.35. The Balaban J connectivity index is 2.34. The van der Waals surface area contributed by atoms with Gasteiger partial charge in [-0.05, 0) is 18.9 Å². The van der Waals surface area contributed by atoms with E-state index in [0.717, 1.165) is 0 Å². The zero-order valence-electron chi connectivity index (χ0n) is 11.4. The Morgan fingerprint density at radius 1 is 1.29 bits per heavy atom. The third kappa shape index (κ3) is 3.34. The predicted octanol–water partition coefficient (Wildman–Crippen LogP) is 3.70. The Morgan fingerprint density at radius 2 is 1.95 bits per heavy atom. The summed E-state index contributed by atoms with van der Waals surface area (Å²) < 4.78 is 5.06. The molecule has 6 heteroatoms. The number of hydrogen-bond acceptors (Lipinski definition) is 3. The molecule has 3 unspecified atom stereocenters. The first-order valence-corrected chi connectivity index (χ1v) is 7.30. The van der Waals surface area contributed by atoms with E-state index in [-0.39, 0.29) is 0 Å². The van der Waals surface area contributed by atoms with E-state index in [9.17, 15) is 15.0 Å². The highest BCUT2D eigenvalue weighted by atomic mass is 35.5. The van der Waals surface area contributed by atoms with Crippen LogP contribution in [0, 0.1) is 11.8 Å². The van der Waals surface area contributed by atoms with Crippen molar-refractivity contribution in [2.75, 3.05) is 7.11 Å². The lowest BCUT2D eigenvalue weighted by atomic mass is 9.77. The number of aliphatic hydroxyl groups is 1. The number of benzene rings is 1. The third-order valence-corrected chi connectivity index (χ3v) is 4.42. The van der Waals surface area contributed by atoms with Crippen molar-refractivity contribution in [3.05, 3.63) is 39.9 Å². The van der Waals surface area contributed by atoms with Crippen LogP contribution in [0.2, 0.25) is 10.0 Å². The summed E-state index contributed by atoms with van der Waals surface area (Å²) in [6, 6.07) is 3.06. The van der Waals surface area contributed by atoms with Gasteiger partial charge in [-0.2, -0.15) is 0 Å². The minimum absolute atomic E-state index is 0.308. The van der Waals surface area contributed by atoms with Crippen molar-refractivity contribution < 1.29 is 19.7 Å². The lowest BCUT2D eigenvalue weighted by molar-refractivity contribution is -0.145. The molecular formula is C15H16Cl2O4. The van der Waals surface area contributed by atoms with E-state index in [4.69, 9.17) is 27.9 Å². The molecule has 0 fully saturated rings. The number of ether oxygens (including phenoxy) is 1. The fraction of sp³-hybridized carbons (Fsp3) is 0.400. The van der Waals surface area contributed by atoms with E-state index in [1.165, 1.54) is 19.2 Å². The average molecular weight is 331 g/mol. The van der Waals surface area contributed by atoms with Crippen molar-refractivity contribution >= 4 is 29.2 Å². The fourth-order valence-electron chi connectivity index (χ4n) is 2.63. The third-order valence-electron chi connectivity index (χ3n) is 3.79. The molecule has 3 atom stereocenters. The van der Waals surface area contributed by atoms with E-state index in [1.807, 2.05) is 12.2 Å². The Kier molecular flexibility index (Phi) is 5.14. The number of aliphatic carboxylic acids is 1. The van der Waals surface area contributed by atoms with Crippen LogP contribution in [0.25, 0.3) is 0 Å². The lowest BCUT2D eigenvalue weighted by Crippen LogP contribution is -2.30. The summed E-state index contributed by atoms with van der Waals surface area (Å²) in [6.45, 7) is 0. The van der Waals surface area contributed by atoms with Crippen molar-refractivity contribution in [1.29, 1.82) is 0 Å².